The van der Waals surface area contributed by atoms with Crippen molar-refractivity contribution < 1.29 is 112 Å². The summed E-state index contributed by atoms with van der Waals surface area (Å²) in [4.78, 5) is 85.9. The van der Waals surface area contributed by atoms with Crippen LogP contribution in [0.15, 0.2) is 151 Å². The standard InChI is InChI=1S/C25H31F3O5S.C25H37NO4.C21H26O5.C13H21NO3.C11H8O3/c1-5-20(31)33-25(21(32)34-12-26)13(2)8-15-16-10-18(27)17-9-14(29)6-7-22(17,3)24(16,28)19(30)11-23(15,25)4;27-20-23-18-22(13-14-24(23)28)25(29)19-26-15-7-1-2-8-16-30-17-9-6-12-21-10-4-3-5-11-21;1-19-7-5-13(23)9-12(19)3-4-14-15-6-8-21(26,17(25)11-22)20(15,2)10-16(24)18(14)19;1-13(2,3)14-7-12(17)9-4-5-11(16)10(6-9)8-15;12-10-8-4-2-1-3-7(8)5-6-9(10)11(13)14/h6-7,9,13,15-16,18-19,30H,5,8,10-12H2,1-4H3;3-5,10-11,13-14,18,25-29H,1-2,6-9,12,15-17,19-20H2;5,7,9,14-15,18,22,26H,3-4,6,8,10-11H2,1-2H3;4-6,12,14-17H,7-8H2,1-3H3;1-6,12H,(H,13,14)/t13-,15+,16?,18+,19+,22+,23+,24+,25+;;14-,15-,18+,19-,20-,21-;;/m1.0../s1. The molecule has 13 rings (SSSR count). The topological polar surface area (TPSA) is 385 Å². The van der Waals surface area contributed by atoms with E-state index in [-0.39, 0.29) is 109 Å². The van der Waals surface area contributed by atoms with Crippen molar-refractivity contribution in [2.75, 3.05) is 45.5 Å². The number of aliphatic hydroxyl groups excluding tert-OH is 6. The zero-order valence-corrected chi connectivity index (χ0v) is 71.7. The van der Waals surface area contributed by atoms with Crippen LogP contribution in [0.1, 0.15) is 209 Å². The highest BCUT2D eigenvalue weighted by Crippen LogP contribution is 2.73. The number of β-amino-alcohol motifs (C(OH)–C–C–N with tert-alkyl or cyclic N) is 1. The maximum atomic E-state index is 17.2. The Hall–Kier alpha value is -8.25. The van der Waals surface area contributed by atoms with Crippen molar-refractivity contribution in [2.45, 2.75) is 225 Å². The molecule has 0 saturated heterocycles. The van der Waals surface area contributed by atoms with Gasteiger partial charge in [-0.05, 0) is 223 Å². The molecule has 0 amide bonds. The molecule has 8 aliphatic carbocycles. The summed E-state index contributed by atoms with van der Waals surface area (Å²) in [7, 11) is 0. The van der Waals surface area contributed by atoms with E-state index in [0.29, 0.717) is 65.3 Å². The molecule has 26 heteroatoms. The number of halogens is 3. The van der Waals surface area contributed by atoms with E-state index in [1.165, 1.54) is 49.3 Å². The molecule has 0 radical (unpaired) electrons. The molecule has 6 fully saturated rings. The van der Waals surface area contributed by atoms with Crippen LogP contribution in [0.4, 0.5) is 13.2 Å². The molecular formula is C95H123F3N2O20S. The molecule has 22 nitrogen and oxygen atoms in total. The zero-order valence-electron chi connectivity index (χ0n) is 70.9. The molecule has 0 bridgehead atoms. The van der Waals surface area contributed by atoms with Gasteiger partial charge in [0.15, 0.2) is 28.6 Å². The molecule has 5 aromatic rings. The van der Waals surface area contributed by atoms with Crippen LogP contribution < -0.4 is 10.6 Å². The third kappa shape index (κ3) is 20.6. The Kier molecular flexibility index (Phi) is 32.8. The van der Waals surface area contributed by atoms with Gasteiger partial charge in [-0.25, -0.2) is 18.0 Å². The lowest BCUT2D eigenvalue weighted by Gasteiger charge is -2.63. The number of benzene rings is 5. The number of carboxylic acids is 1. The van der Waals surface area contributed by atoms with Crippen molar-refractivity contribution in [3.8, 4) is 17.2 Å². The minimum atomic E-state index is -2.30. The van der Waals surface area contributed by atoms with Crippen molar-refractivity contribution in [3.05, 3.63) is 184 Å². The molecule has 17 atom stereocenters. The number of carbonyl (C=O) groups excluding carboxylic acids is 6. The number of ether oxygens (including phenoxy) is 2. The van der Waals surface area contributed by atoms with Crippen molar-refractivity contribution in [2.24, 2.45) is 57.2 Å². The fourth-order valence-corrected chi connectivity index (χ4v) is 21.3. The average Bonchev–Trinajstić information content (AvgIpc) is 1.59. The van der Waals surface area contributed by atoms with E-state index in [4.69, 9.17) is 19.7 Å². The SMILES string of the molecule is CC(C)(C)NCC(O)c1ccc(O)c(CO)c1.CCC(=O)O[C@]1(C(=O)SCF)[C@H](C)C[C@H]2C3C[C@H](F)C4=CC(=O)C=C[C@]4(C)[C@@]3(F)[C@@H](O)C[C@@]21C.C[C@]12C=CC(=O)C=C1CC[C@@H]1[C@@H]2C(=O)C[C@@]2(C)[C@H]1CC[C@]2(O)C(=O)CO.O=C(O)c1ccc2ccccc2c1O.OCc1cc(C(O)CNCCCCCCOCCCCc2ccccc2)ccc1O. The molecule has 13 N–H and O–H groups in total. The molecule has 3 unspecified atom stereocenters. The smallest absolute Gasteiger partial charge is 0.339 e. The number of hydrogen-bond donors (Lipinski definition) is 13. The Bertz CT molecular complexity index is 4630. The number of alkyl halides is 3. The highest BCUT2D eigenvalue weighted by atomic mass is 32.2. The van der Waals surface area contributed by atoms with Gasteiger partial charge < -0.3 is 76.3 Å². The number of carbonyl (C=O) groups is 7. The summed E-state index contributed by atoms with van der Waals surface area (Å²) in [6.07, 6.45) is 14.6. The quantitative estimate of drug-likeness (QED) is 0.0171. The fourth-order valence-electron chi connectivity index (χ4n) is 20.5. The summed E-state index contributed by atoms with van der Waals surface area (Å²) >= 11 is 0.396. The molecule has 660 valence electrons. The predicted octanol–water partition coefficient (Wildman–Crippen LogP) is 13.9. The van der Waals surface area contributed by atoms with Gasteiger partial charge in [-0.2, -0.15) is 0 Å². The molecule has 0 spiro atoms. The van der Waals surface area contributed by atoms with E-state index in [0.717, 1.165) is 88.2 Å². The molecular weight excluding hydrogens is 1580 g/mol. The third-order valence-corrected chi connectivity index (χ3v) is 27.8. The number of allylic oxidation sites excluding steroid dienone is 8. The van der Waals surface area contributed by atoms with Crippen LogP contribution in [-0.4, -0.2) is 177 Å². The number of thioether (sulfide) groups is 1. The highest BCUT2D eigenvalue weighted by molar-refractivity contribution is 8.13. The lowest BCUT2D eigenvalue weighted by atomic mass is 9.44. The number of unbranched alkanes of at least 4 members (excludes halogenated alkanes) is 4. The van der Waals surface area contributed by atoms with Crippen molar-refractivity contribution in [1.82, 2.24) is 10.6 Å². The average molecular weight is 1700 g/mol. The Morgan fingerprint density at radius 1 is 0.719 bits per heavy atom. The van der Waals surface area contributed by atoms with Crippen molar-refractivity contribution >= 4 is 62.7 Å². The molecule has 5 aromatic carbocycles. The van der Waals surface area contributed by atoms with Crippen LogP contribution in [0.3, 0.4) is 0 Å². The first-order chi connectivity index (χ1) is 57.2. The van der Waals surface area contributed by atoms with Crippen LogP contribution in [-0.2, 0) is 57.9 Å². The Balaban J connectivity index is 0.000000177. The number of aromatic carboxylic acids is 1. The van der Waals surface area contributed by atoms with Gasteiger partial charge in [0.25, 0.3) is 0 Å². The first-order valence-electron chi connectivity index (χ1n) is 42.2. The number of rotatable bonds is 27. The number of ketones is 4. The summed E-state index contributed by atoms with van der Waals surface area (Å²) in [5.74, 6) is -5.07. The van der Waals surface area contributed by atoms with Crippen LogP contribution in [0, 0.1) is 57.2 Å². The van der Waals surface area contributed by atoms with Gasteiger partial charge in [0.1, 0.15) is 53.0 Å². The van der Waals surface area contributed by atoms with Gasteiger partial charge in [-0.3, -0.25) is 28.8 Å². The maximum absolute atomic E-state index is 17.2. The summed E-state index contributed by atoms with van der Waals surface area (Å²) in [5.41, 5.74) is -5.18. The lowest BCUT2D eigenvalue weighted by molar-refractivity contribution is -0.228. The monoisotopic (exact) mass is 1700 g/mol. The Morgan fingerprint density at radius 3 is 1.95 bits per heavy atom. The van der Waals surface area contributed by atoms with Crippen LogP contribution in [0.25, 0.3) is 10.8 Å². The number of Topliss-reactive ketones (excluding diaryl/α,β-unsaturated/α-hetero) is 2. The largest absolute Gasteiger partial charge is 0.508 e. The maximum Gasteiger partial charge on any atom is 0.339 e. The summed E-state index contributed by atoms with van der Waals surface area (Å²) in [6, 6.07) is 29.3. The second kappa shape index (κ2) is 41.0. The minimum absolute atomic E-state index is 0.0141. The molecule has 8 aliphatic rings. The number of hydrogen-bond acceptors (Lipinski definition) is 22. The first kappa shape index (κ1) is 96.6. The van der Waals surface area contributed by atoms with Crippen molar-refractivity contribution in [3.63, 3.8) is 0 Å². The molecule has 6 saturated carbocycles. The molecule has 0 aromatic heterocycles. The lowest BCUT2D eigenvalue weighted by Crippen LogP contribution is -2.70. The molecule has 0 heterocycles. The van der Waals surface area contributed by atoms with Crippen molar-refractivity contribution in [1.29, 1.82) is 0 Å². The molecule has 121 heavy (non-hydrogen) atoms. The van der Waals surface area contributed by atoms with Crippen LogP contribution >= 0.6 is 11.8 Å². The third-order valence-electron chi connectivity index (χ3n) is 27.1. The summed E-state index contributed by atoms with van der Waals surface area (Å²) in [6.45, 7) is 18.7. The number of esters is 1. The van der Waals surface area contributed by atoms with Gasteiger partial charge in [0.2, 0.25) is 5.12 Å². The second-order valence-electron chi connectivity index (χ2n) is 35.5. The van der Waals surface area contributed by atoms with Gasteiger partial charge in [0, 0.05) is 101 Å². The number of aryl methyl sites for hydroxylation is 1. The van der Waals surface area contributed by atoms with Gasteiger partial charge >= 0.3 is 11.9 Å². The zero-order chi connectivity index (χ0) is 88.8. The van der Waals surface area contributed by atoms with Crippen LogP contribution in [0.5, 0.6) is 17.2 Å². The van der Waals surface area contributed by atoms with E-state index in [1.54, 1.807) is 75.4 Å². The number of aliphatic hydroxyl groups is 7. The van der Waals surface area contributed by atoms with Gasteiger partial charge in [-0.15, -0.1) is 0 Å². The number of carboxylic acid groups (broad SMARTS) is 1. The fraction of sp³-hybridized carbons (Fsp3) is 0.547. The predicted molar refractivity (Wildman–Crippen MR) is 455 cm³/mol. The van der Waals surface area contributed by atoms with Gasteiger partial charge in [0.05, 0.1) is 31.5 Å². The first-order valence-corrected chi connectivity index (χ1v) is 43.2. The molecule has 0 aliphatic heterocycles. The number of aromatic hydroxyl groups is 3. The number of nitrogens with one attached hydrogen (secondary N) is 2. The number of fused-ring (bicyclic) bond motifs is 11. The minimum Gasteiger partial charge on any atom is -0.508 e. The Labute approximate surface area is 711 Å². The van der Waals surface area contributed by atoms with E-state index in [1.807, 2.05) is 52.8 Å². The summed E-state index contributed by atoms with van der Waals surface area (Å²) in [5, 5.41) is 115. The highest BCUT2D eigenvalue weighted by Gasteiger charge is 2.78. The van der Waals surface area contributed by atoms with E-state index < -0.39 is 122 Å². The van der Waals surface area contributed by atoms with E-state index >= 15 is 8.78 Å². The van der Waals surface area contributed by atoms with Gasteiger partial charge in [-0.1, -0.05) is 138 Å². The second-order valence-corrected chi connectivity index (χ2v) is 36.4. The van der Waals surface area contributed by atoms with E-state index in [9.17, 15) is 83.9 Å². The Morgan fingerprint density at radius 2 is 1.33 bits per heavy atom. The number of phenols is 3. The van der Waals surface area contributed by atoms with E-state index in [2.05, 4.69) is 41.0 Å². The normalized spacial score (nSPS) is 29.6. The van der Waals surface area contributed by atoms with Crippen LogP contribution in [0.2, 0.25) is 0 Å². The summed E-state index contributed by atoms with van der Waals surface area (Å²) < 4.78 is 57.6.